The molecule has 2 aliphatic rings. The first-order valence-corrected chi connectivity index (χ1v) is 9.67. The Labute approximate surface area is 156 Å². The van der Waals surface area contributed by atoms with Crippen LogP contribution in [0.4, 0.5) is 0 Å². The van der Waals surface area contributed by atoms with E-state index in [-0.39, 0.29) is 5.91 Å². The van der Waals surface area contributed by atoms with Gasteiger partial charge >= 0.3 is 0 Å². The zero-order valence-electron chi connectivity index (χ0n) is 14.4. The van der Waals surface area contributed by atoms with Crippen molar-refractivity contribution in [1.82, 2.24) is 20.0 Å². The molecule has 25 heavy (non-hydrogen) atoms. The minimum absolute atomic E-state index is 0.0438. The van der Waals surface area contributed by atoms with E-state index in [0.717, 1.165) is 28.4 Å². The van der Waals surface area contributed by atoms with Crippen LogP contribution < -0.4 is 5.32 Å². The van der Waals surface area contributed by atoms with Gasteiger partial charge in [0.1, 0.15) is 0 Å². The van der Waals surface area contributed by atoms with Gasteiger partial charge in [0.05, 0.1) is 17.2 Å². The maximum absolute atomic E-state index is 12.6. The first kappa shape index (κ1) is 16.8. The number of hydrogen-bond donors (Lipinski definition) is 1. The molecule has 1 aromatic carbocycles. The molecule has 0 radical (unpaired) electrons. The van der Waals surface area contributed by atoms with Crippen molar-refractivity contribution >= 4 is 21.8 Å². The van der Waals surface area contributed by atoms with E-state index in [2.05, 4.69) is 38.3 Å². The fourth-order valence-corrected chi connectivity index (χ4v) is 4.50. The fraction of sp³-hybridized carbons (Fsp3) is 0.474. The van der Waals surface area contributed by atoms with Gasteiger partial charge in [-0.05, 0) is 66.4 Å². The van der Waals surface area contributed by atoms with E-state index in [4.69, 9.17) is 0 Å². The van der Waals surface area contributed by atoms with Crippen LogP contribution in [0.3, 0.4) is 0 Å². The van der Waals surface area contributed by atoms with E-state index in [1.807, 2.05) is 35.1 Å². The van der Waals surface area contributed by atoms with Gasteiger partial charge in [0.15, 0.2) is 0 Å². The molecule has 2 aliphatic heterocycles. The number of halogens is 1. The van der Waals surface area contributed by atoms with Crippen LogP contribution in [0.15, 0.2) is 41.1 Å². The molecule has 3 heterocycles. The zero-order chi connectivity index (χ0) is 17.4. The van der Waals surface area contributed by atoms with Gasteiger partial charge in [0.25, 0.3) is 5.91 Å². The first-order chi connectivity index (χ1) is 12.1. The van der Waals surface area contributed by atoms with Crippen molar-refractivity contribution in [3.8, 4) is 0 Å². The summed E-state index contributed by atoms with van der Waals surface area (Å²) in [4.78, 5) is 15.0. The van der Waals surface area contributed by atoms with Gasteiger partial charge in [-0.15, -0.1) is 0 Å². The summed E-state index contributed by atoms with van der Waals surface area (Å²) in [6.07, 6.45) is 8.40. The van der Waals surface area contributed by atoms with Gasteiger partial charge < -0.3 is 10.2 Å². The molecule has 4 rings (SSSR count). The van der Waals surface area contributed by atoms with Crippen LogP contribution in [-0.2, 0) is 6.54 Å². The predicted octanol–water partition coefficient (Wildman–Crippen LogP) is 3.05. The third-order valence-electron chi connectivity index (χ3n) is 5.60. The molecule has 2 aromatic rings. The second-order valence-electron chi connectivity index (χ2n) is 7.25. The van der Waals surface area contributed by atoms with Crippen LogP contribution in [0.5, 0.6) is 0 Å². The molecule has 1 amide bonds. The Hall–Kier alpha value is -1.66. The van der Waals surface area contributed by atoms with Gasteiger partial charge in [0.2, 0.25) is 0 Å². The number of amides is 1. The molecule has 1 N–H and O–H groups in total. The molecule has 0 unspecified atom stereocenters. The van der Waals surface area contributed by atoms with E-state index in [9.17, 15) is 4.79 Å². The lowest BCUT2D eigenvalue weighted by molar-refractivity contribution is 0.0882. The summed E-state index contributed by atoms with van der Waals surface area (Å²) >= 11 is 3.40. The van der Waals surface area contributed by atoms with E-state index in [0.29, 0.717) is 24.7 Å². The predicted molar refractivity (Wildman–Crippen MR) is 101 cm³/mol. The van der Waals surface area contributed by atoms with Crippen molar-refractivity contribution < 1.29 is 4.79 Å². The van der Waals surface area contributed by atoms with Gasteiger partial charge in [-0.1, -0.05) is 12.1 Å². The van der Waals surface area contributed by atoms with Crippen LogP contribution in [0.25, 0.3) is 0 Å². The highest BCUT2D eigenvalue weighted by atomic mass is 79.9. The maximum Gasteiger partial charge on any atom is 0.251 e. The first-order valence-electron chi connectivity index (χ1n) is 8.88. The van der Waals surface area contributed by atoms with E-state index >= 15 is 0 Å². The molecule has 5 nitrogen and oxygen atoms in total. The number of carbonyl (C=O) groups is 1. The molecular formula is C19H23BrN4O. The van der Waals surface area contributed by atoms with Gasteiger partial charge in [-0.25, -0.2) is 0 Å². The SMILES string of the molecule is CN1[C@@H]2CC[C@@H]1CC(NC(=O)c1ccc(Cn3cc(Br)cn3)cc1)C2. The molecule has 132 valence electrons. The lowest BCUT2D eigenvalue weighted by Crippen LogP contribution is -2.48. The summed E-state index contributed by atoms with van der Waals surface area (Å²) in [5, 5.41) is 7.50. The monoisotopic (exact) mass is 402 g/mol. The molecule has 2 bridgehead atoms. The Morgan fingerprint density at radius 1 is 1.24 bits per heavy atom. The summed E-state index contributed by atoms with van der Waals surface area (Å²) < 4.78 is 2.84. The van der Waals surface area contributed by atoms with E-state index in [1.54, 1.807) is 6.20 Å². The second-order valence-corrected chi connectivity index (χ2v) is 8.16. The Balaban J connectivity index is 1.36. The van der Waals surface area contributed by atoms with Crippen LogP contribution in [0.2, 0.25) is 0 Å². The highest BCUT2D eigenvalue weighted by Gasteiger charge is 2.38. The van der Waals surface area contributed by atoms with Crippen molar-refractivity contribution in [2.45, 2.75) is 50.4 Å². The van der Waals surface area contributed by atoms with Crippen molar-refractivity contribution in [2.75, 3.05) is 7.05 Å². The number of benzene rings is 1. The van der Waals surface area contributed by atoms with Crippen molar-refractivity contribution in [3.63, 3.8) is 0 Å². The second kappa shape index (κ2) is 6.92. The average molecular weight is 403 g/mol. The number of rotatable bonds is 4. The third kappa shape index (κ3) is 3.65. The van der Waals surface area contributed by atoms with Gasteiger partial charge in [-0.3, -0.25) is 9.48 Å². The minimum Gasteiger partial charge on any atom is -0.349 e. The molecule has 1 aromatic heterocycles. The summed E-state index contributed by atoms with van der Waals surface area (Å²) in [7, 11) is 2.22. The quantitative estimate of drug-likeness (QED) is 0.854. The highest BCUT2D eigenvalue weighted by molar-refractivity contribution is 9.10. The Morgan fingerprint density at radius 2 is 1.92 bits per heavy atom. The number of nitrogens with one attached hydrogen (secondary N) is 1. The van der Waals surface area contributed by atoms with E-state index in [1.165, 1.54) is 12.8 Å². The molecule has 2 saturated heterocycles. The lowest BCUT2D eigenvalue weighted by Gasteiger charge is -2.36. The summed E-state index contributed by atoms with van der Waals surface area (Å²) in [6, 6.07) is 9.41. The van der Waals surface area contributed by atoms with Crippen molar-refractivity contribution in [3.05, 3.63) is 52.3 Å². The molecular weight excluding hydrogens is 380 g/mol. The van der Waals surface area contributed by atoms with Crippen LogP contribution in [-0.4, -0.2) is 45.8 Å². The number of piperidine rings is 1. The number of hydrogen-bond acceptors (Lipinski definition) is 3. The highest BCUT2D eigenvalue weighted by Crippen LogP contribution is 2.34. The van der Waals surface area contributed by atoms with Crippen molar-refractivity contribution in [1.29, 1.82) is 0 Å². The lowest BCUT2D eigenvalue weighted by atomic mass is 9.97. The number of fused-ring (bicyclic) bond motifs is 2. The maximum atomic E-state index is 12.6. The molecule has 6 heteroatoms. The van der Waals surface area contributed by atoms with Gasteiger partial charge in [0, 0.05) is 29.9 Å². The largest absolute Gasteiger partial charge is 0.349 e. The number of aromatic nitrogens is 2. The summed E-state index contributed by atoms with van der Waals surface area (Å²) in [5.74, 6) is 0.0438. The Kier molecular flexibility index (Phi) is 4.65. The van der Waals surface area contributed by atoms with Crippen LogP contribution in [0.1, 0.15) is 41.6 Å². The standard InChI is InChI=1S/C19H23BrN4O/c1-23-17-6-7-18(23)9-16(8-17)22-19(25)14-4-2-13(3-5-14)11-24-12-15(20)10-21-24/h2-5,10,12,16-18H,6-9,11H2,1H3,(H,22,25)/t17-,18-/m1/s1. The van der Waals surface area contributed by atoms with Crippen LogP contribution >= 0.6 is 15.9 Å². The van der Waals surface area contributed by atoms with Crippen molar-refractivity contribution in [2.24, 2.45) is 0 Å². The molecule has 2 fully saturated rings. The summed E-state index contributed by atoms with van der Waals surface area (Å²) in [5.41, 5.74) is 1.86. The third-order valence-corrected chi connectivity index (χ3v) is 6.01. The number of carbonyl (C=O) groups excluding carboxylic acids is 1. The smallest absolute Gasteiger partial charge is 0.251 e. The molecule has 0 saturated carbocycles. The fourth-order valence-electron chi connectivity index (χ4n) is 4.17. The minimum atomic E-state index is 0.0438. The van der Waals surface area contributed by atoms with E-state index < -0.39 is 0 Å². The average Bonchev–Trinajstić information content (AvgIpc) is 3.07. The topological polar surface area (TPSA) is 50.2 Å². The molecule has 2 atom stereocenters. The van der Waals surface area contributed by atoms with Crippen LogP contribution in [0, 0.1) is 0 Å². The zero-order valence-corrected chi connectivity index (χ0v) is 15.9. The Bertz CT molecular complexity index is 743. The summed E-state index contributed by atoms with van der Waals surface area (Å²) in [6.45, 7) is 0.700. The molecule has 0 spiro atoms. The van der Waals surface area contributed by atoms with Gasteiger partial charge in [-0.2, -0.15) is 5.10 Å². The number of nitrogens with zero attached hydrogens (tertiary/aromatic N) is 3. The Morgan fingerprint density at radius 3 is 2.52 bits per heavy atom. The normalized spacial score (nSPS) is 25.9. The molecule has 0 aliphatic carbocycles.